The molecule has 0 fully saturated rings. The normalized spacial score (nSPS) is 12.2. The van der Waals surface area contributed by atoms with Gasteiger partial charge in [-0.25, -0.2) is 22.0 Å². The highest BCUT2D eigenvalue weighted by Crippen LogP contribution is 2.25. The Morgan fingerprint density at radius 2 is 1.79 bits per heavy atom. The van der Waals surface area contributed by atoms with Crippen LogP contribution in [-0.2, 0) is 19.6 Å². The summed E-state index contributed by atoms with van der Waals surface area (Å²) in [6, 6.07) is 5.83. The van der Waals surface area contributed by atoms with Crippen molar-refractivity contribution in [1.82, 2.24) is 0 Å². The van der Waals surface area contributed by atoms with E-state index in [9.17, 15) is 26.8 Å². The summed E-state index contributed by atoms with van der Waals surface area (Å²) in [6.45, 7) is 2.90. The molecule has 0 spiro atoms. The summed E-state index contributed by atoms with van der Waals surface area (Å²) in [7, 11) is -2.79. The minimum atomic E-state index is -4.01. The summed E-state index contributed by atoms with van der Waals surface area (Å²) in [5.74, 6) is -3.71. The number of carbonyl (C=O) groups excluding carboxylic acids is 2. The van der Waals surface area contributed by atoms with Crippen LogP contribution in [0.1, 0.15) is 22.8 Å². The topological polar surface area (TPSA) is 92.8 Å². The van der Waals surface area contributed by atoms with Crippen molar-refractivity contribution in [2.24, 2.45) is 0 Å². The number of ether oxygens (including phenoxy) is 1. The van der Waals surface area contributed by atoms with E-state index in [1.54, 1.807) is 6.92 Å². The minimum absolute atomic E-state index is 0.200. The average Bonchev–Trinajstić information content (AvgIpc) is 2.64. The van der Waals surface area contributed by atoms with Gasteiger partial charge in [-0.05, 0) is 43.7 Å². The van der Waals surface area contributed by atoms with Gasteiger partial charge in [-0.15, -0.1) is 0 Å². The summed E-state index contributed by atoms with van der Waals surface area (Å²) >= 11 is 0. The lowest BCUT2D eigenvalue weighted by atomic mass is 10.1. The molecule has 2 rings (SSSR count). The lowest BCUT2D eigenvalue weighted by Crippen LogP contribution is -2.45. The molecular formula is C19H20F2N2O5S. The molecule has 2 aromatic carbocycles. The predicted octanol–water partition coefficient (Wildman–Crippen LogP) is 2.85. The Morgan fingerprint density at radius 3 is 2.34 bits per heavy atom. The summed E-state index contributed by atoms with van der Waals surface area (Å²) in [5, 5.41) is 2.56. The zero-order chi connectivity index (χ0) is 21.9. The standard InChI is InChI=1S/C19H20F2N2O5S/c1-11-14(19(25)28-3)6-5-7-17(11)22-18(24)12(2)23(29(4,26)27)13-8-9-15(20)16(21)10-13/h5-10,12H,1-4H3,(H,22,24)/t12-/m1/s1. The van der Waals surface area contributed by atoms with Crippen LogP contribution in [0.2, 0.25) is 0 Å². The van der Waals surface area contributed by atoms with Gasteiger partial charge < -0.3 is 10.1 Å². The van der Waals surface area contributed by atoms with Gasteiger partial charge in [0.25, 0.3) is 0 Å². The molecule has 0 saturated heterocycles. The molecule has 7 nitrogen and oxygen atoms in total. The van der Waals surface area contributed by atoms with Crippen molar-refractivity contribution in [2.75, 3.05) is 23.0 Å². The number of amides is 1. The molecule has 0 bridgehead atoms. The molecule has 1 N–H and O–H groups in total. The SMILES string of the molecule is COC(=O)c1cccc(NC(=O)[C@@H](C)N(c2ccc(F)c(F)c2)S(C)(=O)=O)c1C. The van der Waals surface area contributed by atoms with E-state index in [1.807, 2.05) is 0 Å². The average molecular weight is 426 g/mol. The van der Waals surface area contributed by atoms with Gasteiger partial charge in [-0.3, -0.25) is 9.10 Å². The number of rotatable bonds is 6. The molecule has 0 radical (unpaired) electrons. The molecule has 2 aromatic rings. The summed E-state index contributed by atoms with van der Waals surface area (Å²) < 4.78 is 56.7. The lowest BCUT2D eigenvalue weighted by Gasteiger charge is -2.28. The number of carbonyl (C=O) groups is 2. The quantitative estimate of drug-likeness (QED) is 0.717. The zero-order valence-electron chi connectivity index (χ0n) is 16.2. The third-order valence-electron chi connectivity index (χ3n) is 4.24. The van der Waals surface area contributed by atoms with Crippen LogP contribution in [-0.4, -0.2) is 39.7 Å². The number of hydrogen-bond donors (Lipinski definition) is 1. The second kappa shape index (κ2) is 8.56. The molecule has 156 valence electrons. The highest BCUT2D eigenvalue weighted by atomic mass is 32.2. The fraction of sp³-hybridized carbons (Fsp3) is 0.263. The van der Waals surface area contributed by atoms with Gasteiger partial charge in [0.15, 0.2) is 11.6 Å². The van der Waals surface area contributed by atoms with Crippen molar-refractivity contribution in [3.05, 3.63) is 59.2 Å². The molecule has 0 saturated carbocycles. The number of hydrogen-bond acceptors (Lipinski definition) is 5. The first kappa shape index (κ1) is 22.3. The van der Waals surface area contributed by atoms with Gasteiger partial charge in [0.2, 0.25) is 15.9 Å². The number of nitrogens with zero attached hydrogens (tertiary/aromatic N) is 1. The summed E-state index contributed by atoms with van der Waals surface area (Å²) in [4.78, 5) is 24.5. The van der Waals surface area contributed by atoms with Crippen LogP contribution in [0.3, 0.4) is 0 Å². The highest BCUT2D eigenvalue weighted by Gasteiger charge is 2.30. The molecule has 1 atom stereocenters. The monoisotopic (exact) mass is 426 g/mol. The number of halogens is 2. The van der Waals surface area contributed by atoms with E-state index in [4.69, 9.17) is 0 Å². The highest BCUT2D eigenvalue weighted by molar-refractivity contribution is 7.92. The van der Waals surface area contributed by atoms with Gasteiger partial charge >= 0.3 is 5.97 Å². The maximum Gasteiger partial charge on any atom is 0.338 e. The molecule has 0 aliphatic rings. The zero-order valence-corrected chi connectivity index (χ0v) is 17.0. The lowest BCUT2D eigenvalue weighted by molar-refractivity contribution is -0.116. The Balaban J connectivity index is 2.38. The summed E-state index contributed by atoms with van der Waals surface area (Å²) in [6.07, 6.45) is 0.848. The van der Waals surface area contributed by atoms with E-state index in [-0.39, 0.29) is 16.9 Å². The second-order valence-electron chi connectivity index (χ2n) is 6.29. The van der Waals surface area contributed by atoms with Crippen molar-refractivity contribution < 1.29 is 31.5 Å². The van der Waals surface area contributed by atoms with E-state index in [0.29, 0.717) is 15.9 Å². The van der Waals surface area contributed by atoms with Crippen LogP contribution in [0, 0.1) is 18.6 Å². The van der Waals surface area contributed by atoms with Gasteiger partial charge in [-0.2, -0.15) is 0 Å². The Kier molecular flexibility index (Phi) is 6.58. The number of benzene rings is 2. The van der Waals surface area contributed by atoms with E-state index >= 15 is 0 Å². The van der Waals surface area contributed by atoms with Crippen LogP contribution in [0.5, 0.6) is 0 Å². The Labute approximate surface area is 167 Å². The van der Waals surface area contributed by atoms with Crippen molar-refractivity contribution in [2.45, 2.75) is 19.9 Å². The first-order valence-corrected chi connectivity index (χ1v) is 10.3. The van der Waals surface area contributed by atoms with Crippen LogP contribution < -0.4 is 9.62 Å². The summed E-state index contributed by atoms with van der Waals surface area (Å²) in [5.41, 5.74) is 0.745. The third-order valence-corrected chi connectivity index (χ3v) is 5.48. The first-order valence-electron chi connectivity index (χ1n) is 8.40. The molecule has 0 aliphatic heterocycles. The van der Waals surface area contributed by atoms with Crippen LogP contribution in [0.4, 0.5) is 20.2 Å². The van der Waals surface area contributed by atoms with Gasteiger partial charge in [0.1, 0.15) is 6.04 Å². The Bertz CT molecular complexity index is 1060. The van der Waals surface area contributed by atoms with Crippen LogP contribution in [0.15, 0.2) is 36.4 Å². The number of nitrogens with one attached hydrogen (secondary N) is 1. The van der Waals surface area contributed by atoms with Crippen molar-refractivity contribution in [3.8, 4) is 0 Å². The van der Waals surface area contributed by atoms with E-state index in [1.165, 1.54) is 32.2 Å². The largest absolute Gasteiger partial charge is 0.465 e. The second-order valence-corrected chi connectivity index (χ2v) is 8.15. The molecule has 1 amide bonds. The Morgan fingerprint density at radius 1 is 1.14 bits per heavy atom. The first-order chi connectivity index (χ1) is 13.5. The third kappa shape index (κ3) is 4.89. The number of sulfonamides is 1. The van der Waals surface area contributed by atoms with Gasteiger partial charge in [0.05, 0.1) is 24.6 Å². The number of esters is 1. The van der Waals surface area contributed by atoms with Crippen molar-refractivity contribution in [3.63, 3.8) is 0 Å². The van der Waals surface area contributed by atoms with Crippen molar-refractivity contribution in [1.29, 1.82) is 0 Å². The van der Waals surface area contributed by atoms with Crippen molar-refractivity contribution >= 4 is 33.3 Å². The molecule has 0 aliphatic carbocycles. The molecule has 0 unspecified atom stereocenters. The number of anilines is 2. The fourth-order valence-electron chi connectivity index (χ4n) is 2.77. The fourth-order valence-corrected chi connectivity index (χ4v) is 3.94. The van der Waals surface area contributed by atoms with Crippen LogP contribution in [0.25, 0.3) is 0 Å². The van der Waals surface area contributed by atoms with Gasteiger partial charge in [0, 0.05) is 11.8 Å². The van der Waals surface area contributed by atoms with E-state index < -0.39 is 39.6 Å². The predicted molar refractivity (Wildman–Crippen MR) is 104 cm³/mol. The molecule has 10 heteroatoms. The Hall–Kier alpha value is -3.01. The van der Waals surface area contributed by atoms with Gasteiger partial charge in [-0.1, -0.05) is 6.07 Å². The molecule has 0 aromatic heterocycles. The van der Waals surface area contributed by atoms with Crippen LogP contribution >= 0.6 is 0 Å². The number of methoxy groups -OCH3 is 1. The minimum Gasteiger partial charge on any atom is -0.465 e. The van der Waals surface area contributed by atoms with E-state index in [0.717, 1.165) is 18.4 Å². The molecule has 29 heavy (non-hydrogen) atoms. The maximum atomic E-state index is 13.6. The smallest absolute Gasteiger partial charge is 0.338 e. The molecule has 0 heterocycles. The maximum absolute atomic E-state index is 13.6. The van der Waals surface area contributed by atoms with E-state index in [2.05, 4.69) is 10.1 Å². The molecular weight excluding hydrogens is 406 g/mol.